The summed E-state index contributed by atoms with van der Waals surface area (Å²) in [5, 5.41) is 0. The standard InChI is InChI=1S/C32H24N4/c1-2-10-24(11-3-1)32-35-22-27(29-15-5-4-14-28(29)25-12-8-18-33-20-25)23-36(32)31-17-7-6-16-30(31)26-13-9-19-34-21-26/h1-23,32H. The first-order valence-corrected chi connectivity index (χ1v) is 12.0. The second-order valence-electron chi connectivity index (χ2n) is 8.60. The summed E-state index contributed by atoms with van der Waals surface area (Å²) in [5.74, 6) is 0. The third kappa shape index (κ3) is 4.21. The van der Waals surface area contributed by atoms with E-state index >= 15 is 0 Å². The highest BCUT2D eigenvalue weighted by Gasteiger charge is 2.25. The summed E-state index contributed by atoms with van der Waals surface area (Å²) in [6.45, 7) is 0. The normalized spacial score (nSPS) is 14.9. The Labute approximate surface area is 211 Å². The number of hydrogen-bond donors (Lipinski definition) is 0. The number of rotatable bonds is 5. The van der Waals surface area contributed by atoms with E-state index in [9.17, 15) is 0 Å². The maximum atomic E-state index is 5.09. The van der Waals surface area contributed by atoms with Gasteiger partial charge in [-0.15, -0.1) is 0 Å². The summed E-state index contributed by atoms with van der Waals surface area (Å²) in [6, 6.07) is 35.4. The van der Waals surface area contributed by atoms with Gasteiger partial charge in [0.15, 0.2) is 6.17 Å². The van der Waals surface area contributed by atoms with Crippen LogP contribution >= 0.6 is 0 Å². The van der Waals surface area contributed by atoms with Crippen LogP contribution in [-0.4, -0.2) is 16.2 Å². The fourth-order valence-electron chi connectivity index (χ4n) is 4.66. The first-order valence-electron chi connectivity index (χ1n) is 12.0. The molecule has 172 valence electrons. The molecule has 0 amide bonds. The number of pyridine rings is 2. The first kappa shape index (κ1) is 21.7. The van der Waals surface area contributed by atoms with Gasteiger partial charge in [0.25, 0.3) is 0 Å². The second kappa shape index (κ2) is 9.80. The largest absolute Gasteiger partial charge is 0.320 e. The van der Waals surface area contributed by atoms with Crippen molar-refractivity contribution in [3.05, 3.63) is 145 Å². The quantitative estimate of drug-likeness (QED) is 0.271. The molecular weight excluding hydrogens is 440 g/mol. The Balaban J connectivity index is 1.52. The summed E-state index contributed by atoms with van der Waals surface area (Å²) in [4.78, 5) is 16.1. The number of benzene rings is 3. The third-order valence-corrected chi connectivity index (χ3v) is 6.36. The van der Waals surface area contributed by atoms with Gasteiger partial charge in [-0.3, -0.25) is 15.0 Å². The molecule has 1 aliphatic heterocycles. The number of nitrogens with zero attached hydrogens (tertiary/aromatic N) is 4. The summed E-state index contributed by atoms with van der Waals surface area (Å²) in [5.41, 5.74) is 8.75. The van der Waals surface area contributed by atoms with Crippen LogP contribution in [0.15, 0.2) is 139 Å². The molecule has 0 saturated carbocycles. The Hall–Kier alpha value is -4.83. The highest BCUT2D eigenvalue weighted by atomic mass is 15.2. The average Bonchev–Trinajstić information content (AvgIpc) is 2.98. The molecule has 4 heteroatoms. The van der Waals surface area contributed by atoms with Crippen LogP contribution in [0.4, 0.5) is 5.69 Å². The number of aliphatic imine (C=N–C) groups is 1. The maximum absolute atomic E-state index is 5.09. The van der Waals surface area contributed by atoms with Crippen molar-refractivity contribution in [3.63, 3.8) is 0 Å². The van der Waals surface area contributed by atoms with E-state index in [2.05, 4.69) is 106 Å². The molecule has 0 aliphatic carbocycles. The van der Waals surface area contributed by atoms with Crippen LogP contribution in [0.2, 0.25) is 0 Å². The molecule has 1 unspecified atom stereocenters. The van der Waals surface area contributed by atoms with Crippen molar-refractivity contribution in [1.82, 2.24) is 9.97 Å². The molecule has 0 spiro atoms. The van der Waals surface area contributed by atoms with E-state index in [4.69, 9.17) is 4.99 Å². The molecule has 3 aromatic carbocycles. The minimum Gasteiger partial charge on any atom is -0.320 e. The van der Waals surface area contributed by atoms with Gasteiger partial charge in [-0.25, -0.2) is 0 Å². The number of anilines is 1. The molecule has 0 bridgehead atoms. The van der Waals surface area contributed by atoms with Crippen molar-refractivity contribution in [2.24, 2.45) is 4.99 Å². The third-order valence-electron chi connectivity index (χ3n) is 6.36. The minimum absolute atomic E-state index is 0.182. The van der Waals surface area contributed by atoms with Crippen LogP contribution < -0.4 is 4.90 Å². The summed E-state index contributed by atoms with van der Waals surface area (Å²) >= 11 is 0. The Morgan fingerprint density at radius 2 is 1.17 bits per heavy atom. The fourth-order valence-corrected chi connectivity index (χ4v) is 4.66. The van der Waals surface area contributed by atoms with Gasteiger partial charge in [0, 0.05) is 59.5 Å². The van der Waals surface area contributed by atoms with Crippen molar-refractivity contribution in [1.29, 1.82) is 0 Å². The molecule has 0 fully saturated rings. The molecule has 0 N–H and O–H groups in total. The second-order valence-corrected chi connectivity index (χ2v) is 8.60. The molecule has 1 aliphatic rings. The van der Waals surface area contributed by atoms with E-state index in [1.165, 1.54) is 0 Å². The molecule has 3 heterocycles. The molecule has 36 heavy (non-hydrogen) atoms. The Morgan fingerprint density at radius 3 is 1.86 bits per heavy atom. The van der Waals surface area contributed by atoms with Gasteiger partial charge in [0.05, 0.1) is 5.69 Å². The monoisotopic (exact) mass is 464 g/mol. The van der Waals surface area contributed by atoms with Gasteiger partial charge < -0.3 is 4.90 Å². The van der Waals surface area contributed by atoms with Crippen LogP contribution in [0.1, 0.15) is 17.3 Å². The molecule has 5 aromatic rings. The lowest BCUT2D eigenvalue weighted by atomic mass is 9.95. The molecule has 0 radical (unpaired) electrons. The van der Waals surface area contributed by atoms with Gasteiger partial charge in [0.1, 0.15) is 0 Å². The van der Waals surface area contributed by atoms with Crippen LogP contribution in [0, 0.1) is 0 Å². The SMILES string of the molecule is C1=NC(c2ccccc2)N(c2ccccc2-c2cccnc2)C=C1c1ccccc1-c1cccnc1. The van der Waals surface area contributed by atoms with Gasteiger partial charge in [-0.2, -0.15) is 0 Å². The number of allylic oxidation sites excluding steroid dienone is 1. The molecular formula is C32H24N4. The zero-order valence-electron chi connectivity index (χ0n) is 19.6. The Kier molecular flexibility index (Phi) is 5.91. The highest BCUT2D eigenvalue weighted by Crippen LogP contribution is 2.40. The topological polar surface area (TPSA) is 41.4 Å². The minimum atomic E-state index is -0.182. The molecule has 4 nitrogen and oxygen atoms in total. The average molecular weight is 465 g/mol. The van der Waals surface area contributed by atoms with Crippen LogP contribution in [0.3, 0.4) is 0 Å². The van der Waals surface area contributed by atoms with Crippen molar-refractivity contribution >= 4 is 17.5 Å². The molecule has 6 rings (SSSR count). The lowest BCUT2D eigenvalue weighted by molar-refractivity contribution is 0.732. The smallest absolute Gasteiger partial charge is 0.150 e. The van der Waals surface area contributed by atoms with Crippen molar-refractivity contribution < 1.29 is 0 Å². The number of para-hydroxylation sites is 1. The van der Waals surface area contributed by atoms with E-state index in [-0.39, 0.29) is 6.17 Å². The van der Waals surface area contributed by atoms with Crippen molar-refractivity contribution in [3.8, 4) is 22.3 Å². The van der Waals surface area contributed by atoms with E-state index in [0.29, 0.717) is 0 Å². The first-order chi connectivity index (χ1) is 17.9. The molecule has 2 aromatic heterocycles. The fraction of sp³-hybridized carbons (Fsp3) is 0.0312. The summed E-state index contributed by atoms with van der Waals surface area (Å²) in [7, 11) is 0. The predicted octanol–water partition coefficient (Wildman–Crippen LogP) is 7.44. The number of hydrogen-bond acceptors (Lipinski definition) is 4. The number of aromatic nitrogens is 2. The van der Waals surface area contributed by atoms with Gasteiger partial charge in [-0.05, 0) is 34.9 Å². The van der Waals surface area contributed by atoms with Gasteiger partial charge in [0.2, 0.25) is 0 Å². The van der Waals surface area contributed by atoms with Crippen molar-refractivity contribution in [2.45, 2.75) is 6.17 Å². The zero-order valence-corrected chi connectivity index (χ0v) is 19.6. The van der Waals surface area contributed by atoms with Crippen LogP contribution in [0.25, 0.3) is 27.8 Å². The Bertz CT molecular complexity index is 1530. The highest BCUT2D eigenvalue weighted by molar-refractivity contribution is 6.13. The van der Waals surface area contributed by atoms with E-state index in [0.717, 1.165) is 44.6 Å². The van der Waals surface area contributed by atoms with Crippen LogP contribution in [0.5, 0.6) is 0 Å². The molecule has 0 saturated heterocycles. The predicted molar refractivity (Wildman–Crippen MR) is 147 cm³/mol. The molecule has 1 atom stereocenters. The van der Waals surface area contributed by atoms with E-state index in [1.807, 2.05) is 36.8 Å². The van der Waals surface area contributed by atoms with E-state index in [1.54, 1.807) is 12.4 Å². The summed E-state index contributed by atoms with van der Waals surface area (Å²) < 4.78 is 0. The Morgan fingerprint density at radius 1 is 0.556 bits per heavy atom. The van der Waals surface area contributed by atoms with Crippen LogP contribution in [-0.2, 0) is 0 Å². The van der Waals surface area contributed by atoms with Gasteiger partial charge >= 0.3 is 0 Å². The van der Waals surface area contributed by atoms with E-state index < -0.39 is 0 Å². The zero-order chi connectivity index (χ0) is 24.2. The lowest BCUT2D eigenvalue weighted by Gasteiger charge is -2.33. The summed E-state index contributed by atoms with van der Waals surface area (Å²) in [6.07, 6.45) is 11.4. The van der Waals surface area contributed by atoms with Crippen molar-refractivity contribution in [2.75, 3.05) is 4.90 Å². The lowest BCUT2D eigenvalue weighted by Crippen LogP contribution is -2.26. The van der Waals surface area contributed by atoms with Gasteiger partial charge in [-0.1, -0.05) is 84.9 Å². The maximum Gasteiger partial charge on any atom is 0.150 e.